The van der Waals surface area contributed by atoms with Crippen LogP contribution in [0.5, 0.6) is 0 Å². The molecule has 10 heteroatoms. The van der Waals surface area contributed by atoms with Crippen molar-refractivity contribution in [2.75, 3.05) is 10.1 Å². The van der Waals surface area contributed by atoms with Gasteiger partial charge >= 0.3 is 0 Å². The molecular formula is C19H21FN2O5S2. The first-order chi connectivity index (χ1) is 13.3. The quantitative estimate of drug-likeness (QED) is 0.769. The van der Waals surface area contributed by atoms with E-state index in [9.17, 15) is 26.0 Å². The van der Waals surface area contributed by atoms with Gasteiger partial charge in [0.25, 0.3) is 0 Å². The highest BCUT2D eigenvalue weighted by atomic mass is 32.2. The lowest BCUT2D eigenvalue weighted by molar-refractivity contribution is -0.123. The zero-order valence-electron chi connectivity index (χ0n) is 16.1. The predicted octanol–water partition coefficient (Wildman–Crippen LogP) is 2.32. The highest BCUT2D eigenvalue weighted by Gasteiger charge is 2.50. The molecule has 7 nitrogen and oxygen atoms in total. The van der Waals surface area contributed by atoms with Crippen LogP contribution in [0.1, 0.15) is 25.0 Å². The third-order valence-electron chi connectivity index (χ3n) is 4.68. The van der Waals surface area contributed by atoms with Crippen molar-refractivity contribution in [1.29, 1.82) is 0 Å². The second-order valence-electron chi connectivity index (χ2n) is 7.58. The van der Waals surface area contributed by atoms with Gasteiger partial charge in [0.05, 0.1) is 21.8 Å². The Morgan fingerprint density at radius 3 is 2.38 bits per heavy atom. The molecule has 156 valence electrons. The Morgan fingerprint density at radius 2 is 1.83 bits per heavy atom. The van der Waals surface area contributed by atoms with Crippen molar-refractivity contribution in [3.8, 4) is 0 Å². The van der Waals surface area contributed by atoms with E-state index in [2.05, 4.69) is 4.72 Å². The maximum Gasteiger partial charge on any atom is 0.247 e. The average molecular weight is 441 g/mol. The number of anilines is 1. The molecule has 0 spiro atoms. The maximum atomic E-state index is 13.7. The molecule has 2 aromatic rings. The summed E-state index contributed by atoms with van der Waals surface area (Å²) in [5, 5.41) is 0. The second kappa shape index (κ2) is 7.19. The zero-order valence-corrected chi connectivity index (χ0v) is 17.8. The fourth-order valence-electron chi connectivity index (χ4n) is 3.22. The molecule has 0 bridgehead atoms. The molecule has 0 saturated carbocycles. The summed E-state index contributed by atoms with van der Waals surface area (Å²) in [6.45, 7) is 4.36. The fourth-order valence-corrected chi connectivity index (χ4v) is 6.55. The van der Waals surface area contributed by atoms with E-state index in [0.29, 0.717) is 0 Å². The maximum absolute atomic E-state index is 13.7. The Kier molecular flexibility index (Phi) is 5.31. The van der Waals surface area contributed by atoms with Crippen LogP contribution in [0.25, 0.3) is 0 Å². The summed E-state index contributed by atoms with van der Waals surface area (Å²) in [5.74, 6) is -1.41. The van der Waals surface area contributed by atoms with E-state index in [1.165, 1.54) is 43.3 Å². The summed E-state index contributed by atoms with van der Waals surface area (Å²) in [7, 11) is -7.82. The Balaban J connectivity index is 1.90. The summed E-state index contributed by atoms with van der Waals surface area (Å²) < 4.78 is 66.9. The van der Waals surface area contributed by atoms with Crippen LogP contribution in [0, 0.1) is 18.2 Å². The molecule has 0 atom stereocenters. The van der Waals surface area contributed by atoms with Gasteiger partial charge in [-0.2, -0.15) is 0 Å². The van der Waals surface area contributed by atoms with Crippen LogP contribution < -0.4 is 9.03 Å². The molecule has 1 amide bonds. The van der Waals surface area contributed by atoms with Gasteiger partial charge in [-0.3, -0.25) is 4.79 Å². The molecule has 0 aliphatic carbocycles. The highest BCUT2D eigenvalue weighted by molar-refractivity contribution is 7.94. The number of halogens is 1. The van der Waals surface area contributed by atoms with E-state index in [4.69, 9.17) is 0 Å². The second-order valence-corrected chi connectivity index (χ2v) is 11.1. The van der Waals surface area contributed by atoms with Gasteiger partial charge in [0.1, 0.15) is 5.82 Å². The number of carbonyl (C=O) groups excluding carboxylic acids is 1. The predicted molar refractivity (Wildman–Crippen MR) is 107 cm³/mol. The van der Waals surface area contributed by atoms with Crippen LogP contribution in [-0.2, 0) is 31.4 Å². The van der Waals surface area contributed by atoms with Gasteiger partial charge in [-0.05, 0) is 50.6 Å². The third-order valence-corrected chi connectivity index (χ3v) is 8.26. The number of rotatable bonds is 5. The molecule has 1 fully saturated rings. The van der Waals surface area contributed by atoms with Crippen molar-refractivity contribution >= 4 is 31.6 Å². The molecule has 1 N–H and O–H groups in total. The van der Waals surface area contributed by atoms with E-state index >= 15 is 0 Å². The van der Waals surface area contributed by atoms with E-state index in [1.54, 1.807) is 19.9 Å². The summed E-state index contributed by atoms with van der Waals surface area (Å²) in [5.41, 5.74) is -0.512. The largest absolute Gasteiger partial charge is 0.273 e. The lowest BCUT2D eigenvalue weighted by Gasteiger charge is -2.19. The number of nitrogens with one attached hydrogen (secondary N) is 1. The Labute approximate surface area is 169 Å². The summed E-state index contributed by atoms with van der Waals surface area (Å²) >= 11 is 0. The van der Waals surface area contributed by atoms with Crippen molar-refractivity contribution in [2.24, 2.45) is 5.41 Å². The van der Waals surface area contributed by atoms with E-state index in [0.717, 1.165) is 4.31 Å². The standard InChI is InChI=1S/C19H21FN2O5S2/c1-13-10-15(22-18(23)19(2,3)12-28(22,24)25)8-9-17(13)29(26,27)21-11-14-6-4-5-7-16(14)20/h4-10,21H,11-12H2,1-3H3. The first-order valence-corrected chi connectivity index (χ1v) is 11.9. The van der Waals surface area contributed by atoms with Crippen molar-refractivity contribution in [2.45, 2.75) is 32.2 Å². The molecular weight excluding hydrogens is 419 g/mol. The summed E-state index contributed by atoms with van der Waals surface area (Å²) in [6.07, 6.45) is 0. The number of nitrogens with zero attached hydrogens (tertiary/aromatic N) is 1. The summed E-state index contributed by atoms with van der Waals surface area (Å²) in [4.78, 5) is 12.4. The molecule has 2 aromatic carbocycles. The van der Waals surface area contributed by atoms with E-state index < -0.39 is 37.2 Å². The smallest absolute Gasteiger partial charge is 0.247 e. The number of sulfonamides is 2. The van der Waals surface area contributed by atoms with Gasteiger partial charge in [-0.1, -0.05) is 18.2 Å². The molecule has 1 saturated heterocycles. The number of hydrogen-bond acceptors (Lipinski definition) is 5. The van der Waals surface area contributed by atoms with Crippen molar-refractivity contribution in [3.63, 3.8) is 0 Å². The van der Waals surface area contributed by atoms with Crippen LogP contribution in [-0.4, -0.2) is 28.5 Å². The lowest BCUT2D eigenvalue weighted by Crippen LogP contribution is -2.33. The molecule has 3 rings (SSSR count). The first kappa shape index (κ1) is 21.4. The number of carbonyl (C=O) groups is 1. The van der Waals surface area contributed by atoms with Crippen LogP contribution >= 0.6 is 0 Å². The van der Waals surface area contributed by atoms with Gasteiger partial charge in [0.2, 0.25) is 26.0 Å². The van der Waals surface area contributed by atoms with Gasteiger partial charge in [0, 0.05) is 12.1 Å². The monoisotopic (exact) mass is 440 g/mol. The lowest BCUT2D eigenvalue weighted by atomic mass is 9.95. The molecule has 1 aliphatic heterocycles. The van der Waals surface area contributed by atoms with Crippen LogP contribution in [0.15, 0.2) is 47.4 Å². The van der Waals surface area contributed by atoms with E-state index in [1.807, 2.05) is 0 Å². The molecule has 1 heterocycles. The van der Waals surface area contributed by atoms with Gasteiger partial charge in [0.15, 0.2) is 0 Å². The van der Waals surface area contributed by atoms with Crippen LogP contribution in [0.4, 0.5) is 10.1 Å². The molecule has 0 unspecified atom stereocenters. The topological polar surface area (TPSA) is 101 Å². The Bertz CT molecular complexity index is 1190. The number of hydrogen-bond donors (Lipinski definition) is 1. The van der Waals surface area contributed by atoms with Crippen molar-refractivity contribution < 1.29 is 26.0 Å². The normalized spacial score (nSPS) is 18.2. The third kappa shape index (κ3) is 4.05. The van der Waals surface area contributed by atoms with Crippen LogP contribution in [0.2, 0.25) is 0 Å². The molecule has 0 radical (unpaired) electrons. The average Bonchev–Trinajstić information content (AvgIpc) is 2.76. The number of aryl methyl sites for hydroxylation is 1. The van der Waals surface area contributed by atoms with Crippen LogP contribution in [0.3, 0.4) is 0 Å². The number of amides is 1. The minimum absolute atomic E-state index is 0.0825. The van der Waals surface area contributed by atoms with Crippen molar-refractivity contribution in [1.82, 2.24) is 4.72 Å². The Hall–Kier alpha value is -2.30. The SMILES string of the molecule is Cc1cc(N2C(=O)C(C)(C)CS2(=O)=O)ccc1S(=O)(=O)NCc1ccccc1F. The number of benzene rings is 2. The minimum Gasteiger partial charge on any atom is -0.273 e. The minimum atomic E-state index is -3.98. The van der Waals surface area contributed by atoms with Gasteiger partial charge in [-0.25, -0.2) is 30.3 Å². The zero-order chi connectivity index (χ0) is 21.6. The summed E-state index contributed by atoms with van der Waals surface area (Å²) in [6, 6.07) is 9.67. The van der Waals surface area contributed by atoms with Crippen molar-refractivity contribution in [3.05, 3.63) is 59.4 Å². The van der Waals surface area contributed by atoms with Gasteiger partial charge in [-0.15, -0.1) is 0 Å². The fraction of sp³-hybridized carbons (Fsp3) is 0.316. The first-order valence-electron chi connectivity index (χ1n) is 8.76. The Morgan fingerprint density at radius 1 is 1.17 bits per heavy atom. The van der Waals surface area contributed by atoms with Gasteiger partial charge < -0.3 is 0 Å². The molecule has 0 aromatic heterocycles. The molecule has 1 aliphatic rings. The van der Waals surface area contributed by atoms with E-state index in [-0.39, 0.29) is 34.0 Å². The molecule has 29 heavy (non-hydrogen) atoms. The highest BCUT2D eigenvalue weighted by Crippen LogP contribution is 2.36.